The first-order chi connectivity index (χ1) is 13.2. The highest BCUT2D eigenvalue weighted by atomic mass is 16.5. The van der Waals surface area contributed by atoms with Gasteiger partial charge < -0.3 is 14.5 Å². The van der Waals surface area contributed by atoms with Gasteiger partial charge in [-0.3, -0.25) is 9.69 Å². The number of amides is 1. The first-order valence-electron chi connectivity index (χ1n) is 10.7. The number of benzene rings is 1. The molecule has 5 heteroatoms. The van der Waals surface area contributed by atoms with Gasteiger partial charge in [-0.05, 0) is 55.9 Å². The fraction of sp³-hybridized carbons (Fsp3) is 0.682. The molecule has 0 radical (unpaired) electrons. The Morgan fingerprint density at radius 1 is 0.963 bits per heavy atom. The number of piperazine rings is 1. The monoisotopic (exact) mass is 371 g/mol. The first kappa shape index (κ1) is 18.6. The maximum absolute atomic E-state index is 13.0. The number of carbonyl (C=O) groups excluding carboxylic acids is 1. The second-order valence-electron chi connectivity index (χ2n) is 8.30. The molecule has 3 fully saturated rings. The molecule has 0 aromatic heterocycles. The van der Waals surface area contributed by atoms with Gasteiger partial charge in [-0.1, -0.05) is 12.8 Å². The van der Waals surface area contributed by atoms with Crippen molar-refractivity contribution in [2.45, 2.75) is 44.6 Å². The summed E-state index contributed by atoms with van der Waals surface area (Å²) < 4.78 is 5.24. The predicted molar refractivity (Wildman–Crippen MR) is 108 cm³/mol. The molecule has 27 heavy (non-hydrogen) atoms. The number of fused-ring (bicyclic) bond motifs is 1. The van der Waals surface area contributed by atoms with E-state index in [0.717, 1.165) is 44.4 Å². The van der Waals surface area contributed by atoms with Gasteiger partial charge in [-0.15, -0.1) is 0 Å². The van der Waals surface area contributed by atoms with Crippen molar-refractivity contribution in [2.24, 2.45) is 5.92 Å². The molecule has 0 unspecified atom stereocenters. The zero-order chi connectivity index (χ0) is 18.6. The minimum atomic E-state index is 0.365. The summed E-state index contributed by atoms with van der Waals surface area (Å²) >= 11 is 0. The Kier molecular flexibility index (Phi) is 5.86. The van der Waals surface area contributed by atoms with Crippen molar-refractivity contribution in [3.05, 3.63) is 24.3 Å². The van der Waals surface area contributed by atoms with Gasteiger partial charge in [0.25, 0.3) is 0 Å². The second kappa shape index (κ2) is 8.51. The van der Waals surface area contributed by atoms with Gasteiger partial charge in [-0.2, -0.15) is 0 Å². The molecule has 1 aromatic rings. The lowest BCUT2D eigenvalue weighted by Gasteiger charge is -2.45. The van der Waals surface area contributed by atoms with Crippen molar-refractivity contribution in [1.29, 1.82) is 0 Å². The number of anilines is 1. The fourth-order valence-electron chi connectivity index (χ4n) is 5.17. The Balaban J connectivity index is 1.28. The molecular formula is C22H33N3O2. The van der Waals surface area contributed by atoms with Crippen LogP contribution in [-0.2, 0) is 4.79 Å². The Bertz CT molecular complexity index is 623. The van der Waals surface area contributed by atoms with E-state index >= 15 is 0 Å². The average Bonchev–Trinajstić information content (AvgIpc) is 2.74. The maximum Gasteiger partial charge on any atom is 0.237 e. The van der Waals surface area contributed by atoms with Crippen molar-refractivity contribution in [1.82, 2.24) is 9.80 Å². The average molecular weight is 372 g/mol. The van der Waals surface area contributed by atoms with Crippen LogP contribution in [0.1, 0.15) is 38.5 Å². The van der Waals surface area contributed by atoms with Crippen molar-refractivity contribution in [2.75, 3.05) is 51.3 Å². The summed E-state index contributed by atoms with van der Waals surface area (Å²) in [5.74, 6) is 2.03. The van der Waals surface area contributed by atoms with Crippen molar-refractivity contribution in [3.8, 4) is 5.75 Å². The number of hydrogen-bond acceptors (Lipinski definition) is 4. The molecule has 2 aliphatic heterocycles. The van der Waals surface area contributed by atoms with Crippen LogP contribution in [0.2, 0.25) is 0 Å². The summed E-state index contributed by atoms with van der Waals surface area (Å²) in [6.07, 6.45) is 7.73. The summed E-state index contributed by atoms with van der Waals surface area (Å²) in [7, 11) is 1.70. The normalized spacial score (nSPS) is 26.6. The quantitative estimate of drug-likeness (QED) is 0.815. The third-order valence-corrected chi connectivity index (χ3v) is 6.73. The number of likely N-dealkylation sites (tertiary alicyclic amines) is 1. The number of rotatable bonds is 4. The first-order valence-corrected chi connectivity index (χ1v) is 10.7. The minimum Gasteiger partial charge on any atom is -0.497 e. The van der Waals surface area contributed by atoms with E-state index in [4.69, 9.17) is 4.74 Å². The van der Waals surface area contributed by atoms with Crippen LogP contribution in [0.25, 0.3) is 0 Å². The van der Waals surface area contributed by atoms with E-state index in [2.05, 4.69) is 26.8 Å². The van der Waals surface area contributed by atoms with E-state index in [0.29, 0.717) is 18.5 Å². The van der Waals surface area contributed by atoms with Crippen molar-refractivity contribution < 1.29 is 9.53 Å². The number of carbonyl (C=O) groups is 1. The fourth-order valence-corrected chi connectivity index (χ4v) is 5.17. The Labute approximate surface area is 163 Å². The molecule has 1 amide bonds. The number of hydrogen-bond donors (Lipinski definition) is 0. The van der Waals surface area contributed by atoms with Crippen LogP contribution in [0.4, 0.5) is 5.69 Å². The molecule has 2 atom stereocenters. The van der Waals surface area contributed by atoms with E-state index in [1.54, 1.807) is 7.11 Å². The highest BCUT2D eigenvalue weighted by molar-refractivity contribution is 5.78. The Morgan fingerprint density at radius 3 is 2.41 bits per heavy atom. The molecule has 5 nitrogen and oxygen atoms in total. The standard InChI is InChI=1S/C22H33N3O2/c1-27-20-10-8-19(9-11-20)24-15-13-23(14-16-24)17-22(26)25-12-4-6-18-5-2-3-7-21(18)25/h8-11,18,21H,2-7,12-17H2,1H3/t18-,21-/m0/s1. The van der Waals surface area contributed by atoms with Crippen LogP contribution < -0.4 is 9.64 Å². The molecule has 2 heterocycles. The van der Waals surface area contributed by atoms with E-state index in [1.165, 1.54) is 44.2 Å². The van der Waals surface area contributed by atoms with E-state index in [-0.39, 0.29) is 0 Å². The lowest BCUT2D eigenvalue weighted by atomic mass is 9.78. The Hall–Kier alpha value is -1.75. The largest absolute Gasteiger partial charge is 0.497 e. The molecule has 0 N–H and O–H groups in total. The van der Waals surface area contributed by atoms with E-state index < -0.39 is 0 Å². The second-order valence-corrected chi connectivity index (χ2v) is 8.30. The minimum absolute atomic E-state index is 0.365. The van der Waals surface area contributed by atoms with Gasteiger partial charge in [0.2, 0.25) is 5.91 Å². The van der Waals surface area contributed by atoms with Gasteiger partial charge in [0.05, 0.1) is 13.7 Å². The topological polar surface area (TPSA) is 36.0 Å². The molecular weight excluding hydrogens is 338 g/mol. The van der Waals surface area contributed by atoms with Gasteiger partial charge >= 0.3 is 0 Å². The van der Waals surface area contributed by atoms with Crippen LogP contribution >= 0.6 is 0 Å². The summed E-state index contributed by atoms with van der Waals surface area (Å²) in [6.45, 7) is 5.45. The predicted octanol–water partition coefficient (Wildman–Crippen LogP) is 3.00. The number of piperidine rings is 1. The third-order valence-electron chi connectivity index (χ3n) is 6.73. The lowest BCUT2D eigenvalue weighted by molar-refractivity contribution is -0.138. The molecule has 3 aliphatic rings. The van der Waals surface area contributed by atoms with Crippen LogP contribution in [-0.4, -0.2) is 68.1 Å². The van der Waals surface area contributed by atoms with Gasteiger partial charge in [0, 0.05) is 44.5 Å². The van der Waals surface area contributed by atoms with Crippen molar-refractivity contribution in [3.63, 3.8) is 0 Å². The van der Waals surface area contributed by atoms with Gasteiger partial charge in [-0.25, -0.2) is 0 Å². The molecule has 148 valence electrons. The zero-order valence-corrected chi connectivity index (χ0v) is 16.6. The molecule has 1 aromatic carbocycles. The lowest BCUT2D eigenvalue weighted by Crippen LogP contribution is -2.54. The highest BCUT2D eigenvalue weighted by Crippen LogP contribution is 2.35. The molecule has 4 rings (SSSR count). The third kappa shape index (κ3) is 4.23. The Morgan fingerprint density at radius 2 is 1.67 bits per heavy atom. The summed E-state index contributed by atoms with van der Waals surface area (Å²) in [5, 5.41) is 0. The molecule has 0 spiro atoms. The van der Waals surface area contributed by atoms with Crippen LogP contribution in [0.15, 0.2) is 24.3 Å². The maximum atomic E-state index is 13.0. The van der Waals surface area contributed by atoms with Crippen molar-refractivity contribution >= 4 is 11.6 Å². The summed E-state index contributed by atoms with van der Waals surface area (Å²) in [4.78, 5) is 20.0. The van der Waals surface area contributed by atoms with Crippen LogP contribution in [0, 0.1) is 5.92 Å². The number of nitrogens with zero attached hydrogens (tertiary/aromatic N) is 3. The van der Waals surface area contributed by atoms with Crippen LogP contribution in [0.3, 0.4) is 0 Å². The highest BCUT2D eigenvalue weighted by Gasteiger charge is 2.36. The molecule has 1 aliphatic carbocycles. The smallest absolute Gasteiger partial charge is 0.237 e. The van der Waals surface area contributed by atoms with Gasteiger partial charge in [0.1, 0.15) is 5.75 Å². The SMILES string of the molecule is COc1ccc(N2CCN(CC(=O)N3CCC[C@@H]4CCCC[C@@H]43)CC2)cc1. The summed E-state index contributed by atoms with van der Waals surface area (Å²) in [5.41, 5.74) is 1.24. The molecule has 0 bridgehead atoms. The number of methoxy groups -OCH3 is 1. The molecule has 2 saturated heterocycles. The van der Waals surface area contributed by atoms with E-state index in [1.807, 2.05) is 12.1 Å². The summed E-state index contributed by atoms with van der Waals surface area (Å²) in [6, 6.07) is 8.80. The van der Waals surface area contributed by atoms with E-state index in [9.17, 15) is 4.79 Å². The molecule has 1 saturated carbocycles. The zero-order valence-electron chi connectivity index (χ0n) is 16.6. The van der Waals surface area contributed by atoms with Crippen LogP contribution in [0.5, 0.6) is 5.75 Å². The number of ether oxygens (including phenoxy) is 1. The van der Waals surface area contributed by atoms with Gasteiger partial charge in [0.15, 0.2) is 0 Å².